The third-order valence-corrected chi connectivity index (χ3v) is 3.54. The molecule has 3 N–H and O–H groups in total. The fraction of sp³-hybridized carbons (Fsp3) is 0.133. The zero-order chi connectivity index (χ0) is 15.4. The summed E-state index contributed by atoms with van der Waals surface area (Å²) in [6, 6.07) is 12.0. The van der Waals surface area contributed by atoms with Gasteiger partial charge < -0.3 is 16.0 Å². The number of para-hydroxylation sites is 1. The van der Waals surface area contributed by atoms with Gasteiger partial charge in [0.15, 0.2) is 0 Å². The molecular weight excluding hydrogens is 309 g/mol. The average Bonchev–Trinajstić information content (AvgIpc) is 2.45. The van der Waals surface area contributed by atoms with E-state index in [1.807, 2.05) is 18.2 Å². The van der Waals surface area contributed by atoms with Crippen molar-refractivity contribution in [3.63, 3.8) is 0 Å². The van der Waals surface area contributed by atoms with Crippen molar-refractivity contribution >= 4 is 40.6 Å². The zero-order valence-corrected chi connectivity index (χ0v) is 12.9. The molecule has 0 aromatic heterocycles. The molecule has 0 saturated heterocycles. The number of rotatable bonds is 3. The molecule has 0 fully saturated rings. The summed E-state index contributed by atoms with van der Waals surface area (Å²) in [7, 11) is 1.68. The third kappa shape index (κ3) is 4.03. The van der Waals surface area contributed by atoms with Gasteiger partial charge in [-0.15, -0.1) is 0 Å². The van der Waals surface area contributed by atoms with Crippen molar-refractivity contribution in [3.8, 4) is 0 Å². The van der Waals surface area contributed by atoms with Crippen LogP contribution in [0.5, 0.6) is 0 Å². The van der Waals surface area contributed by atoms with Gasteiger partial charge in [0.05, 0.1) is 10.7 Å². The number of nitrogen functional groups attached to an aromatic ring is 1. The first-order valence-corrected chi connectivity index (χ1v) is 7.03. The highest BCUT2D eigenvalue weighted by Gasteiger charge is 2.12. The second-order valence-corrected chi connectivity index (χ2v) is 5.45. The SMILES string of the molecule is CN(Cc1ccccc1N)C(=O)Nc1cc(Cl)ccc1Cl. The van der Waals surface area contributed by atoms with Crippen LogP contribution in [0.15, 0.2) is 42.5 Å². The van der Waals surface area contributed by atoms with Gasteiger partial charge in [0.2, 0.25) is 0 Å². The molecule has 21 heavy (non-hydrogen) atoms. The highest BCUT2D eigenvalue weighted by Crippen LogP contribution is 2.25. The van der Waals surface area contributed by atoms with E-state index in [0.29, 0.717) is 28.0 Å². The summed E-state index contributed by atoms with van der Waals surface area (Å²) < 4.78 is 0. The van der Waals surface area contributed by atoms with E-state index in [1.165, 1.54) is 4.90 Å². The molecule has 2 aromatic carbocycles. The van der Waals surface area contributed by atoms with Gasteiger partial charge in [-0.2, -0.15) is 0 Å². The van der Waals surface area contributed by atoms with Gasteiger partial charge in [-0.25, -0.2) is 4.79 Å². The molecule has 0 bridgehead atoms. The van der Waals surface area contributed by atoms with Crippen LogP contribution in [-0.4, -0.2) is 18.0 Å². The molecule has 0 aliphatic rings. The molecule has 0 heterocycles. The normalized spacial score (nSPS) is 10.2. The van der Waals surface area contributed by atoms with Gasteiger partial charge in [-0.1, -0.05) is 41.4 Å². The molecule has 0 aliphatic heterocycles. The van der Waals surface area contributed by atoms with Crippen molar-refractivity contribution < 1.29 is 4.79 Å². The van der Waals surface area contributed by atoms with Crippen molar-refractivity contribution in [2.24, 2.45) is 0 Å². The summed E-state index contributed by atoms with van der Waals surface area (Å²) in [5, 5.41) is 3.66. The van der Waals surface area contributed by atoms with E-state index in [2.05, 4.69) is 5.32 Å². The first-order valence-electron chi connectivity index (χ1n) is 6.28. The Balaban J connectivity index is 2.06. The lowest BCUT2D eigenvalue weighted by Crippen LogP contribution is -2.31. The number of nitrogens with two attached hydrogens (primary N) is 1. The fourth-order valence-electron chi connectivity index (χ4n) is 1.81. The number of hydrogen-bond donors (Lipinski definition) is 2. The van der Waals surface area contributed by atoms with E-state index in [-0.39, 0.29) is 6.03 Å². The summed E-state index contributed by atoms with van der Waals surface area (Å²) in [6.45, 7) is 0.399. The Hall–Kier alpha value is -1.91. The quantitative estimate of drug-likeness (QED) is 0.830. The van der Waals surface area contributed by atoms with Crippen molar-refractivity contribution in [2.75, 3.05) is 18.1 Å². The van der Waals surface area contributed by atoms with Gasteiger partial charge in [0.1, 0.15) is 0 Å². The molecular formula is C15H15Cl2N3O. The van der Waals surface area contributed by atoms with Gasteiger partial charge in [0, 0.05) is 24.3 Å². The monoisotopic (exact) mass is 323 g/mol. The van der Waals surface area contributed by atoms with Gasteiger partial charge in [-0.05, 0) is 29.8 Å². The molecule has 2 rings (SSSR count). The summed E-state index contributed by atoms with van der Waals surface area (Å²) in [6.07, 6.45) is 0. The topological polar surface area (TPSA) is 58.4 Å². The minimum Gasteiger partial charge on any atom is -0.398 e. The molecule has 0 unspecified atom stereocenters. The van der Waals surface area contributed by atoms with Crippen LogP contribution in [0.1, 0.15) is 5.56 Å². The number of halogens is 2. The van der Waals surface area contributed by atoms with Crippen molar-refractivity contribution in [2.45, 2.75) is 6.54 Å². The number of carbonyl (C=O) groups is 1. The van der Waals surface area contributed by atoms with Crippen LogP contribution in [0.4, 0.5) is 16.2 Å². The second-order valence-electron chi connectivity index (χ2n) is 4.61. The van der Waals surface area contributed by atoms with Crippen LogP contribution in [0, 0.1) is 0 Å². The van der Waals surface area contributed by atoms with E-state index >= 15 is 0 Å². The maximum absolute atomic E-state index is 12.2. The number of benzene rings is 2. The standard InChI is InChI=1S/C15H15Cl2N3O/c1-20(9-10-4-2-3-5-13(10)18)15(21)19-14-8-11(16)6-7-12(14)17/h2-8H,9,18H2,1H3,(H,19,21). The predicted octanol–water partition coefficient (Wildman–Crippen LogP) is 4.24. The second kappa shape index (κ2) is 6.70. The van der Waals surface area contributed by atoms with E-state index in [0.717, 1.165) is 5.56 Å². The Morgan fingerprint density at radius 1 is 1.24 bits per heavy atom. The lowest BCUT2D eigenvalue weighted by atomic mass is 10.2. The van der Waals surface area contributed by atoms with Crippen LogP contribution in [-0.2, 0) is 6.54 Å². The van der Waals surface area contributed by atoms with Crippen molar-refractivity contribution in [3.05, 3.63) is 58.1 Å². The maximum Gasteiger partial charge on any atom is 0.321 e. The Bertz CT molecular complexity index is 661. The molecule has 110 valence electrons. The van der Waals surface area contributed by atoms with Crippen LogP contribution < -0.4 is 11.1 Å². The molecule has 0 atom stereocenters. The number of nitrogens with zero attached hydrogens (tertiary/aromatic N) is 1. The molecule has 6 heteroatoms. The summed E-state index contributed by atoms with van der Waals surface area (Å²) in [5.74, 6) is 0. The summed E-state index contributed by atoms with van der Waals surface area (Å²) in [5.41, 5.74) is 7.88. The minimum absolute atomic E-state index is 0.289. The fourth-order valence-corrected chi connectivity index (χ4v) is 2.15. The lowest BCUT2D eigenvalue weighted by Gasteiger charge is -2.19. The molecule has 0 spiro atoms. The summed E-state index contributed by atoms with van der Waals surface area (Å²) in [4.78, 5) is 13.7. The summed E-state index contributed by atoms with van der Waals surface area (Å²) >= 11 is 11.9. The Morgan fingerprint density at radius 2 is 1.95 bits per heavy atom. The molecule has 0 radical (unpaired) electrons. The molecule has 2 amide bonds. The lowest BCUT2D eigenvalue weighted by molar-refractivity contribution is 0.221. The Labute approximate surface area is 133 Å². The first kappa shape index (κ1) is 15.5. The van der Waals surface area contributed by atoms with Gasteiger partial charge in [0.25, 0.3) is 0 Å². The average molecular weight is 324 g/mol. The molecule has 4 nitrogen and oxygen atoms in total. The molecule has 0 aliphatic carbocycles. The van der Waals surface area contributed by atoms with Crippen molar-refractivity contribution in [1.82, 2.24) is 4.90 Å². The number of hydrogen-bond acceptors (Lipinski definition) is 2. The molecule has 0 saturated carbocycles. The van der Waals surface area contributed by atoms with Gasteiger partial charge in [-0.3, -0.25) is 0 Å². The van der Waals surface area contributed by atoms with Crippen LogP contribution >= 0.6 is 23.2 Å². The Morgan fingerprint density at radius 3 is 2.67 bits per heavy atom. The Kier molecular flexibility index (Phi) is 4.94. The first-order chi connectivity index (χ1) is 9.97. The van der Waals surface area contributed by atoms with E-state index in [9.17, 15) is 4.79 Å². The predicted molar refractivity (Wildman–Crippen MR) is 87.8 cm³/mol. The van der Waals surface area contributed by atoms with Crippen LogP contribution in [0.25, 0.3) is 0 Å². The number of carbonyl (C=O) groups excluding carboxylic acids is 1. The minimum atomic E-state index is -0.289. The van der Waals surface area contributed by atoms with Crippen molar-refractivity contribution in [1.29, 1.82) is 0 Å². The smallest absolute Gasteiger partial charge is 0.321 e. The largest absolute Gasteiger partial charge is 0.398 e. The van der Waals surface area contributed by atoms with Gasteiger partial charge >= 0.3 is 6.03 Å². The number of urea groups is 1. The third-order valence-electron chi connectivity index (χ3n) is 2.98. The van der Waals surface area contributed by atoms with E-state index in [1.54, 1.807) is 31.3 Å². The maximum atomic E-state index is 12.2. The van der Waals surface area contributed by atoms with E-state index in [4.69, 9.17) is 28.9 Å². The van der Waals surface area contributed by atoms with Crippen LogP contribution in [0.3, 0.4) is 0 Å². The highest BCUT2D eigenvalue weighted by atomic mass is 35.5. The van der Waals surface area contributed by atoms with E-state index < -0.39 is 0 Å². The number of nitrogens with one attached hydrogen (secondary N) is 1. The number of anilines is 2. The molecule has 2 aromatic rings. The number of amides is 2. The highest BCUT2D eigenvalue weighted by molar-refractivity contribution is 6.35. The van der Waals surface area contributed by atoms with Crippen LogP contribution in [0.2, 0.25) is 10.0 Å². The zero-order valence-electron chi connectivity index (χ0n) is 11.4.